The van der Waals surface area contributed by atoms with Crippen molar-refractivity contribution in [2.75, 3.05) is 36.8 Å². The molecule has 0 unspecified atom stereocenters. The number of hydrogen-bond acceptors (Lipinski definition) is 8. The Balaban J connectivity index is 1.34. The second-order valence-electron chi connectivity index (χ2n) is 6.61. The summed E-state index contributed by atoms with van der Waals surface area (Å²) >= 11 is 1.44. The van der Waals surface area contributed by atoms with Crippen molar-refractivity contribution in [1.82, 2.24) is 24.8 Å². The zero-order valence-electron chi connectivity index (χ0n) is 14.9. The van der Waals surface area contributed by atoms with Gasteiger partial charge in [-0.2, -0.15) is 4.98 Å². The maximum Gasteiger partial charge on any atom is 0.272 e. The molecule has 0 bridgehead atoms. The molecule has 28 heavy (non-hydrogen) atoms. The number of thiazole rings is 1. The largest absolute Gasteiger partial charge is 0.368 e. The van der Waals surface area contributed by atoms with Gasteiger partial charge in [0, 0.05) is 37.8 Å². The van der Waals surface area contributed by atoms with E-state index in [0.717, 1.165) is 26.9 Å². The second kappa shape index (κ2) is 6.68. The van der Waals surface area contributed by atoms with E-state index in [2.05, 4.69) is 24.8 Å². The van der Waals surface area contributed by atoms with E-state index < -0.39 is 0 Å². The number of nitrogens with two attached hydrogens (primary N) is 1. The fourth-order valence-corrected chi connectivity index (χ4v) is 4.13. The number of fused-ring (bicyclic) bond motifs is 2. The van der Waals surface area contributed by atoms with Crippen LogP contribution < -0.4 is 10.6 Å². The first-order chi connectivity index (χ1) is 13.7. The minimum absolute atomic E-state index is 0.0496. The minimum atomic E-state index is -0.0496. The first kappa shape index (κ1) is 16.8. The van der Waals surface area contributed by atoms with Crippen molar-refractivity contribution >= 4 is 50.1 Å². The monoisotopic (exact) mass is 391 g/mol. The van der Waals surface area contributed by atoms with Crippen LogP contribution in [0.1, 0.15) is 10.5 Å². The number of anilines is 2. The molecule has 2 N–H and O–H groups in total. The molecule has 0 saturated carbocycles. The number of nitrogen functional groups attached to an aromatic ring is 1. The molecule has 4 aromatic rings. The molecule has 5 rings (SSSR count). The molecule has 0 spiro atoms. The summed E-state index contributed by atoms with van der Waals surface area (Å²) in [5, 5.41) is 2.04. The van der Waals surface area contributed by atoms with Crippen molar-refractivity contribution in [3.05, 3.63) is 47.7 Å². The third-order valence-corrected chi connectivity index (χ3v) is 5.63. The zero-order chi connectivity index (χ0) is 19.1. The molecule has 8 nitrogen and oxygen atoms in total. The van der Waals surface area contributed by atoms with E-state index >= 15 is 0 Å². The molecule has 1 aromatic carbocycles. The van der Waals surface area contributed by atoms with Crippen LogP contribution in [0.2, 0.25) is 0 Å². The molecule has 1 aliphatic heterocycles. The van der Waals surface area contributed by atoms with E-state index in [9.17, 15) is 4.79 Å². The lowest BCUT2D eigenvalue weighted by atomic mass is 10.1. The highest BCUT2D eigenvalue weighted by atomic mass is 32.1. The molecule has 0 aliphatic carbocycles. The summed E-state index contributed by atoms with van der Waals surface area (Å²) in [6, 6.07) is 9.76. The van der Waals surface area contributed by atoms with Crippen LogP contribution in [0.5, 0.6) is 0 Å². The Labute approximate surface area is 164 Å². The molecular formula is C19H17N7OS. The Morgan fingerprint density at radius 1 is 1.04 bits per heavy atom. The Kier molecular flexibility index (Phi) is 4.01. The number of benzene rings is 1. The number of hydrogen-bond donors (Lipinski definition) is 1. The number of rotatable bonds is 2. The first-order valence-corrected chi connectivity index (χ1v) is 9.83. The maximum atomic E-state index is 12.9. The fraction of sp³-hybridized carbons (Fsp3) is 0.211. The van der Waals surface area contributed by atoms with Gasteiger partial charge in [0.2, 0.25) is 5.95 Å². The number of aromatic nitrogens is 4. The average Bonchev–Trinajstić information content (AvgIpc) is 3.21. The Morgan fingerprint density at radius 2 is 1.82 bits per heavy atom. The summed E-state index contributed by atoms with van der Waals surface area (Å²) in [7, 11) is 0. The molecule has 1 amide bonds. The number of carbonyl (C=O) groups is 1. The highest BCUT2D eigenvalue weighted by molar-refractivity contribution is 7.16. The number of nitrogens with zero attached hydrogens (tertiary/aromatic N) is 6. The zero-order valence-corrected chi connectivity index (χ0v) is 15.8. The molecule has 4 heterocycles. The van der Waals surface area contributed by atoms with E-state index in [1.54, 1.807) is 11.7 Å². The van der Waals surface area contributed by atoms with Gasteiger partial charge in [-0.25, -0.2) is 9.97 Å². The minimum Gasteiger partial charge on any atom is -0.368 e. The van der Waals surface area contributed by atoms with Crippen LogP contribution in [0.4, 0.5) is 11.8 Å². The smallest absolute Gasteiger partial charge is 0.272 e. The third-order valence-electron chi connectivity index (χ3n) is 4.91. The molecule has 0 radical (unpaired) electrons. The SMILES string of the molecule is Nc1nc(N2CCN(C(=O)c3cc4ccccc4cn3)CC2)c2ncsc2n1. The highest BCUT2D eigenvalue weighted by Gasteiger charge is 2.25. The van der Waals surface area contributed by atoms with Crippen LogP contribution in [0.15, 0.2) is 42.0 Å². The van der Waals surface area contributed by atoms with Crippen molar-refractivity contribution in [2.24, 2.45) is 0 Å². The summed E-state index contributed by atoms with van der Waals surface area (Å²) in [4.78, 5) is 34.9. The number of piperazine rings is 1. The lowest BCUT2D eigenvalue weighted by Crippen LogP contribution is -2.49. The van der Waals surface area contributed by atoms with Crippen LogP contribution in [0.25, 0.3) is 21.1 Å². The van der Waals surface area contributed by atoms with Gasteiger partial charge in [0.1, 0.15) is 11.2 Å². The van der Waals surface area contributed by atoms with Crippen molar-refractivity contribution in [3.8, 4) is 0 Å². The molecular weight excluding hydrogens is 374 g/mol. The Hall–Kier alpha value is -3.33. The van der Waals surface area contributed by atoms with Gasteiger partial charge in [-0.3, -0.25) is 9.78 Å². The molecule has 0 atom stereocenters. The highest BCUT2D eigenvalue weighted by Crippen LogP contribution is 2.27. The van der Waals surface area contributed by atoms with E-state index in [4.69, 9.17) is 5.73 Å². The average molecular weight is 391 g/mol. The summed E-state index contributed by atoms with van der Waals surface area (Å²) in [6.07, 6.45) is 1.75. The molecule has 1 saturated heterocycles. The van der Waals surface area contributed by atoms with Gasteiger partial charge < -0.3 is 15.5 Å². The van der Waals surface area contributed by atoms with Crippen LogP contribution >= 0.6 is 11.3 Å². The number of pyridine rings is 1. The number of carbonyl (C=O) groups excluding carboxylic acids is 1. The summed E-state index contributed by atoms with van der Waals surface area (Å²) in [5.41, 5.74) is 8.82. The standard InChI is InChI=1S/C19H17N7OS/c20-19-23-16(15-17(24-19)28-11-22-15)25-5-7-26(8-6-25)18(27)14-9-12-3-1-2-4-13(12)10-21-14/h1-4,9-11H,5-8H2,(H2,20,23,24). The van der Waals surface area contributed by atoms with Gasteiger partial charge in [-0.15, -0.1) is 11.3 Å². The Morgan fingerprint density at radius 3 is 2.64 bits per heavy atom. The number of amides is 1. The second-order valence-corrected chi connectivity index (χ2v) is 7.44. The van der Waals surface area contributed by atoms with E-state index in [-0.39, 0.29) is 11.9 Å². The van der Waals surface area contributed by atoms with Gasteiger partial charge in [-0.1, -0.05) is 24.3 Å². The van der Waals surface area contributed by atoms with Crippen molar-refractivity contribution in [2.45, 2.75) is 0 Å². The predicted molar refractivity (Wildman–Crippen MR) is 109 cm³/mol. The van der Waals surface area contributed by atoms with Crippen LogP contribution in [0, 0.1) is 0 Å². The topological polar surface area (TPSA) is 101 Å². The van der Waals surface area contributed by atoms with Gasteiger partial charge in [0.15, 0.2) is 10.6 Å². The molecule has 1 fully saturated rings. The first-order valence-electron chi connectivity index (χ1n) is 8.95. The molecule has 140 valence electrons. The molecule has 9 heteroatoms. The van der Waals surface area contributed by atoms with Gasteiger partial charge in [-0.05, 0) is 11.5 Å². The van der Waals surface area contributed by atoms with E-state index in [0.29, 0.717) is 31.9 Å². The normalized spacial score (nSPS) is 14.7. The van der Waals surface area contributed by atoms with Crippen LogP contribution in [-0.4, -0.2) is 56.9 Å². The van der Waals surface area contributed by atoms with Crippen molar-refractivity contribution in [1.29, 1.82) is 0 Å². The summed E-state index contributed by atoms with van der Waals surface area (Å²) in [5.74, 6) is 0.928. The van der Waals surface area contributed by atoms with Gasteiger partial charge in [0.25, 0.3) is 5.91 Å². The van der Waals surface area contributed by atoms with E-state index in [1.165, 1.54) is 11.3 Å². The van der Waals surface area contributed by atoms with Crippen molar-refractivity contribution < 1.29 is 4.79 Å². The summed E-state index contributed by atoms with van der Waals surface area (Å²) < 4.78 is 0. The van der Waals surface area contributed by atoms with E-state index in [1.807, 2.05) is 35.2 Å². The van der Waals surface area contributed by atoms with Gasteiger partial charge >= 0.3 is 0 Å². The third kappa shape index (κ3) is 2.89. The fourth-order valence-electron chi connectivity index (χ4n) is 3.47. The predicted octanol–water partition coefficient (Wildman–Crippen LogP) is 2.18. The molecule has 1 aliphatic rings. The Bertz CT molecular complexity index is 1180. The maximum absolute atomic E-state index is 12.9. The quantitative estimate of drug-likeness (QED) is 0.559. The lowest BCUT2D eigenvalue weighted by molar-refractivity contribution is 0.0741. The molecule has 3 aromatic heterocycles. The lowest BCUT2D eigenvalue weighted by Gasteiger charge is -2.35. The van der Waals surface area contributed by atoms with Crippen molar-refractivity contribution in [3.63, 3.8) is 0 Å². The summed E-state index contributed by atoms with van der Waals surface area (Å²) in [6.45, 7) is 2.48. The van der Waals surface area contributed by atoms with Crippen LogP contribution in [0.3, 0.4) is 0 Å². The van der Waals surface area contributed by atoms with Crippen LogP contribution in [-0.2, 0) is 0 Å². The van der Waals surface area contributed by atoms with Gasteiger partial charge in [0.05, 0.1) is 5.51 Å².